The number of amides is 1. The molecule has 4 heterocycles. The Bertz CT molecular complexity index is 1230. The van der Waals surface area contributed by atoms with Crippen LogP contribution in [0.3, 0.4) is 0 Å². The van der Waals surface area contributed by atoms with Crippen molar-refractivity contribution in [1.29, 1.82) is 0 Å². The molecule has 7 nitrogen and oxygen atoms in total. The van der Waals surface area contributed by atoms with Crippen LogP contribution in [0.25, 0.3) is 10.6 Å². The van der Waals surface area contributed by atoms with Crippen LogP contribution in [0, 0.1) is 18.7 Å². The maximum Gasteiger partial charge on any atom is 0.419 e. The Labute approximate surface area is 205 Å². The maximum atomic E-state index is 14.5. The summed E-state index contributed by atoms with van der Waals surface area (Å²) in [5.41, 5.74) is -0.844. The predicted octanol–water partition coefficient (Wildman–Crippen LogP) is 5.06. The van der Waals surface area contributed by atoms with Crippen molar-refractivity contribution in [2.45, 2.75) is 38.4 Å². The summed E-state index contributed by atoms with van der Waals surface area (Å²) < 4.78 is 80.7. The van der Waals surface area contributed by atoms with Gasteiger partial charge in [0.05, 0.1) is 39.9 Å². The Kier molecular flexibility index (Phi) is 6.90. The summed E-state index contributed by atoms with van der Waals surface area (Å²) in [5.74, 6) is -5.30. The summed E-state index contributed by atoms with van der Waals surface area (Å²) in [4.78, 5) is 30.3. The van der Waals surface area contributed by atoms with Crippen molar-refractivity contribution in [1.82, 2.24) is 24.8 Å². The summed E-state index contributed by atoms with van der Waals surface area (Å²) in [6.07, 6.45) is -2.90. The molecule has 36 heavy (non-hydrogen) atoms. The number of halogens is 6. The van der Waals surface area contributed by atoms with E-state index in [0.29, 0.717) is 22.3 Å². The zero-order valence-corrected chi connectivity index (χ0v) is 19.8. The molecule has 192 valence electrons. The Balaban J connectivity index is 1.60. The molecule has 0 radical (unpaired) electrons. The molecule has 1 aliphatic rings. The van der Waals surface area contributed by atoms with Crippen LogP contribution in [0.1, 0.15) is 34.4 Å². The molecule has 0 aromatic carbocycles. The number of pyridine rings is 1. The molecule has 0 spiro atoms. The summed E-state index contributed by atoms with van der Waals surface area (Å²) in [6, 6.07) is 1.77. The number of alkyl halides is 5. The van der Waals surface area contributed by atoms with E-state index in [-0.39, 0.29) is 23.9 Å². The van der Waals surface area contributed by atoms with Gasteiger partial charge in [-0.15, -0.1) is 11.3 Å². The van der Waals surface area contributed by atoms with Gasteiger partial charge in [0, 0.05) is 25.4 Å². The van der Waals surface area contributed by atoms with Gasteiger partial charge in [-0.25, -0.2) is 28.1 Å². The Hall–Kier alpha value is -3.29. The fourth-order valence-electron chi connectivity index (χ4n) is 4.03. The Morgan fingerprint density at radius 2 is 1.89 bits per heavy atom. The number of nitrogens with one attached hydrogen (secondary N) is 1. The first kappa shape index (κ1) is 25.8. The zero-order chi connectivity index (χ0) is 26.3. The highest BCUT2D eigenvalue weighted by Crippen LogP contribution is 2.37. The first-order valence-corrected chi connectivity index (χ1v) is 11.6. The lowest BCUT2D eigenvalue weighted by Gasteiger charge is -2.43. The van der Waals surface area contributed by atoms with Crippen LogP contribution in [0.5, 0.6) is 0 Å². The second-order valence-electron chi connectivity index (χ2n) is 8.48. The van der Waals surface area contributed by atoms with Gasteiger partial charge < -0.3 is 10.2 Å². The predicted molar refractivity (Wildman–Crippen MR) is 119 cm³/mol. The minimum atomic E-state index is -4.60. The van der Waals surface area contributed by atoms with E-state index >= 15 is 0 Å². The van der Waals surface area contributed by atoms with E-state index < -0.39 is 54.3 Å². The zero-order valence-electron chi connectivity index (χ0n) is 19.0. The largest absolute Gasteiger partial charge is 0.419 e. The molecule has 0 aliphatic carbocycles. The number of piperidine rings is 1. The maximum absolute atomic E-state index is 14.5. The summed E-state index contributed by atoms with van der Waals surface area (Å²) >= 11 is 1.12. The molecule has 3 aromatic heterocycles. The first-order chi connectivity index (χ1) is 16.8. The Morgan fingerprint density at radius 3 is 2.50 bits per heavy atom. The lowest BCUT2D eigenvalue weighted by Crippen LogP contribution is -2.57. The Morgan fingerprint density at radius 1 is 1.19 bits per heavy atom. The molecule has 1 saturated heterocycles. The fourth-order valence-corrected chi connectivity index (χ4v) is 4.92. The molecule has 1 N–H and O–H groups in total. The van der Waals surface area contributed by atoms with Crippen LogP contribution in [0.2, 0.25) is 0 Å². The third kappa shape index (κ3) is 5.58. The molecular weight excluding hydrogens is 510 g/mol. The van der Waals surface area contributed by atoms with Crippen LogP contribution < -0.4 is 5.32 Å². The topological polar surface area (TPSA) is 83.9 Å². The first-order valence-electron chi connectivity index (χ1n) is 10.8. The monoisotopic (exact) mass is 530 g/mol. The van der Waals surface area contributed by atoms with Gasteiger partial charge in [-0.2, -0.15) is 13.2 Å². The lowest BCUT2D eigenvalue weighted by atomic mass is 9.88. The fraction of sp³-hybridized carbons (Fsp3) is 0.409. The van der Waals surface area contributed by atoms with Gasteiger partial charge in [-0.1, -0.05) is 6.92 Å². The smallest absolute Gasteiger partial charge is 0.352 e. The van der Waals surface area contributed by atoms with Crippen molar-refractivity contribution < 1.29 is 31.1 Å². The van der Waals surface area contributed by atoms with Gasteiger partial charge in [0.25, 0.3) is 11.8 Å². The highest BCUT2D eigenvalue weighted by atomic mass is 32.1. The summed E-state index contributed by atoms with van der Waals surface area (Å²) in [5, 5.41) is 3.23. The number of hydrogen-bond donors (Lipinski definition) is 1. The molecule has 1 fully saturated rings. The number of likely N-dealkylation sites (tertiary alicyclic amines) is 1. The quantitative estimate of drug-likeness (QED) is 0.465. The second kappa shape index (κ2) is 9.64. The van der Waals surface area contributed by atoms with E-state index in [4.69, 9.17) is 0 Å². The number of carbonyl (C=O) groups is 1. The molecule has 1 aliphatic heterocycles. The van der Waals surface area contributed by atoms with Gasteiger partial charge in [0.2, 0.25) is 5.95 Å². The van der Waals surface area contributed by atoms with Gasteiger partial charge in [0.15, 0.2) is 0 Å². The van der Waals surface area contributed by atoms with E-state index in [9.17, 15) is 31.1 Å². The van der Waals surface area contributed by atoms with Crippen LogP contribution in [-0.2, 0) is 6.18 Å². The minimum Gasteiger partial charge on any atom is -0.352 e. The number of aryl methyl sites for hydroxylation is 1. The molecule has 3 aromatic rings. The molecule has 0 bridgehead atoms. The number of thiazole rings is 1. The minimum absolute atomic E-state index is 0.0817. The third-order valence-electron chi connectivity index (χ3n) is 5.69. The average molecular weight is 530 g/mol. The van der Waals surface area contributed by atoms with E-state index in [1.54, 1.807) is 13.8 Å². The normalized spacial score (nSPS) is 19.8. The number of anilines is 1. The molecule has 14 heteroatoms. The summed E-state index contributed by atoms with van der Waals surface area (Å²) in [6.45, 7) is 2.25. The molecular formula is C22H20F6N6OS. The van der Waals surface area contributed by atoms with Gasteiger partial charge >= 0.3 is 6.18 Å². The number of aromatic nitrogens is 4. The molecule has 2 atom stereocenters. The van der Waals surface area contributed by atoms with Gasteiger partial charge in [0.1, 0.15) is 11.5 Å². The van der Waals surface area contributed by atoms with Crippen LogP contribution in [-0.4, -0.2) is 55.8 Å². The molecule has 0 saturated carbocycles. The van der Waals surface area contributed by atoms with E-state index in [1.807, 2.05) is 0 Å². The average Bonchev–Trinajstić information content (AvgIpc) is 3.19. The molecule has 0 unspecified atom stereocenters. The van der Waals surface area contributed by atoms with Gasteiger partial charge in [-0.05, 0) is 25.0 Å². The number of carbonyl (C=O) groups excluding carboxylic acids is 1. The van der Waals surface area contributed by atoms with Crippen molar-refractivity contribution in [2.24, 2.45) is 5.92 Å². The van der Waals surface area contributed by atoms with Crippen molar-refractivity contribution in [3.05, 3.63) is 52.8 Å². The number of nitrogens with zero attached hydrogens (tertiary/aromatic N) is 5. The van der Waals surface area contributed by atoms with Crippen molar-refractivity contribution in [2.75, 3.05) is 18.4 Å². The van der Waals surface area contributed by atoms with E-state index in [1.165, 1.54) is 12.1 Å². The highest BCUT2D eigenvalue weighted by Gasteiger charge is 2.47. The van der Waals surface area contributed by atoms with E-state index in [0.717, 1.165) is 22.4 Å². The third-order valence-corrected chi connectivity index (χ3v) is 6.68. The lowest BCUT2D eigenvalue weighted by molar-refractivity contribution is -0.138. The second-order valence-corrected chi connectivity index (χ2v) is 9.69. The molecule has 4 rings (SSSR count). The SMILES string of the molecule is Cc1nc(C(=O)N2CC(F)(F)C[C@@H](C)[C@H]2CNc2ncc(C(F)(F)F)cn2)c(-c2ccc(F)cn2)s1. The van der Waals surface area contributed by atoms with Crippen LogP contribution >= 0.6 is 11.3 Å². The number of hydrogen-bond acceptors (Lipinski definition) is 7. The standard InChI is InChI=1S/C22H20F6N6OS/c1-11-5-21(24,25)10-34(16(11)9-32-20-30-6-13(7-31-20)22(26,27)28)19(35)17-18(36-12(2)33-17)15-4-3-14(23)8-29-15/h3-4,6-8,11,16H,5,9-10H2,1-2H3,(H,30,31,32)/t11-,16-/m1/s1. The van der Waals surface area contributed by atoms with Crippen molar-refractivity contribution >= 4 is 23.2 Å². The van der Waals surface area contributed by atoms with Crippen LogP contribution in [0.15, 0.2) is 30.7 Å². The van der Waals surface area contributed by atoms with Crippen LogP contribution in [0.4, 0.5) is 32.3 Å². The molecule has 1 amide bonds. The summed E-state index contributed by atoms with van der Waals surface area (Å²) in [7, 11) is 0. The number of rotatable bonds is 5. The highest BCUT2D eigenvalue weighted by molar-refractivity contribution is 7.15. The van der Waals surface area contributed by atoms with Crippen molar-refractivity contribution in [3.63, 3.8) is 0 Å². The van der Waals surface area contributed by atoms with Crippen molar-refractivity contribution in [3.8, 4) is 10.6 Å². The van der Waals surface area contributed by atoms with Gasteiger partial charge in [-0.3, -0.25) is 9.78 Å². The van der Waals surface area contributed by atoms with E-state index in [2.05, 4.69) is 25.3 Å².